The minimum atomic E-state index is -0.449. The molecule has 0 bridgehead atoms. The van der Waals surface area contributed by atoms with Crippen molar-refractivity contribution in [2.45, 2.75) is 18.9 Å². The van der Waals surface area contributed by atoms with E-state index >= 15 is 0 Å². The molecule has 102 valence electrons. The van der Waals surface area contributed by atoms with Gasteiger partial charge in [0.1, 0.15) is 5.82 Å². The zero-order valence-corrected chi connectivity index (χ0v) is 10.8. The highest BCUT2D eigenvalue weighted by Gasteiger charge is 2.21. The molecule has 1 aromatic carbocycles. The minimum absolute atomic E-state index is 0.227. The highest BCUT2D eigenvalue weighted by Crippen LogP contribution is 2.26. The summed E-state index contributed by atoms with van der Waals surface area (Å²) in [6.07, 6.45) is 2.32. The van der Waals surface area contributed by atoms with E-state index in [2.05, 4.69) is 15.3 Å². The van der Waals surface area contributed by atoms with Crippen molar-refractivity contribution < 1.29 is 4.79 Å². The molecule has 6 heteroatoms. The van der Waals surface area contributed by atoms with Crippen LogP contribution < -0.4 is 16.8 Å². The van der Waals surface area contributed by atoms with Gasteiger partial charge in [0.15, 0.2) is 0 Å². The molecule has 2 aromatic rings. The second-order valence-electron chi connectivity index (χ2n) is 4.86. The number of carbonyl (C=O) groups excluding carboxylic acids is 1. The first-order valence-corrected chi connectivity index (χ1v) is 6.43. The lowest BCUT2D eigenvalue weighted by Crippen LogP contribution is -2.10. The molecule has 6 nitrogen and oxygen atoms in total. The lowest BCUT2D eigenvalue weighted by Gasteiger charge is -2.08. The number of hydrogen-bond acceptors (Lipinski definition) is 5. The number of nitrogens with one attached hydrogen (secondary N) is 1. The molecule has 1 fully saturated rings. The molecule has 0 unspecified atom stereocenters. The van der Waals surface area contributed by atoms with Crippen molar-refractivity contribution in [1.29, 1.82) is 0 Å². The highest BCUT2D eigenvalue weighted by molar-refractivity contribution is 5.93. The summed E-state index contributed by atoms with van der Waals surface area (Å²) in [5.41, 5.74) is 13.0. The molecule has 1 saturated carbocycles. The van der Waals surface area contributed by atoms with Crippen LogP contribution in [0.2, 0.25) is 0 Å². The van der Waals surface area contributed by atoms with E-state index in [1.165, 1.54) is 0 Å². The summed E-state index contributed by atoms with van der Waals surface area (Å²) in [6.45, 7) is 0. The van der Waals surface area contributed by atoms with Crippen molar-refractivity contribution in [2.75, 3.05) is 11.1 Å². The molecule has 20 heavy (non-hydrogen) atoms. The first-order valence-electron chi connectivity index (χ1n) is 6.43. The second kappa shape index (κ2) is 4.80. The van der Waals surface area contributed by atoms with Crippen LogP contribution in [0.25, 0.3) is 11.3 Å². The van der Waals surface area contributed by atoms with Gasteiger partial charge < -0.3 is 16.8 Å². The SMILES string of the molecule is NC(=O)c1ccc(-c2cc(NC3CC3)nc(N)n2)cc1. The monoisotopic (exact) mass is 269 g/mol. The van der Waals surface area contributed by atoms with E-state index < -0.39 is 5.91 Å². The van der Waals surface area contributed by atoms with Crippen LogP contribution in [0, 0.1) is 0 Å². The lowest BCUT2D eigenvalue weighted by atomic mass is 10.1. The molecule has 1 amide bonds. The third kappa shape index (κ3) is 2.69. The summed E-state index contributed by atoms with van der Waals surface area (Å²) in [4.78, 5) is 19.4. The van der Waals surface area contributed by atoms with Crippen LogP contribution in [0.3, 0.4) is 0 Å². The van der Waals surface area contributed by atoms with Gasteiger partial charge in [0.2, 0.25) is 11.9 Å². The molecular formula is C14H15N5O. The molecule has 1 aromatic heterocycles. The number of amides is 1. The maximum atomic E-state index is 11.1. The fourth-order valence-electron chi connectivity index (χ4n) is 1.93. The second-order valence-corrected chi connectivity index (χ2v) is 4.86. The van der Waals surface area contributed by atoms with Gasteiger partial charge in [-0.15, -0.1) is 0 Å². The van der Waals surface area contributed by atoms with Crippen LogP contribution in [0.4, 0.5) is 11.8 Å². The van der Waals surface area contributed by atoms with Gasteiger partial charge in [0.25, 0.3) is 0 Å². The molecule has 5 N–H and O–H groups in total. The molecule has 0 radical (unpaired) electrons. The Morgan fingerprint density at radius 1 is 1.20 bits per heavy atom. The zero-order valence-electron chi connectivity index (χ0n) is 10.8. The van der Waals surface area contributed by atoms with E-state index in [9.17, 15) is 4.79 Å². The topological polar surface area (TPSA) is 107 Å². The maximum absolute atomic E-state index is 11.1. The Balaban J connectivity index is 1.91. The van der Waals surface area contributed by atoms with Gasteiger partial charge in [-0.2, -0.15) is 4.98 Å². The van der Waals surface area contributed by atoms with Crippen molar-refractivity contribution in [3.63, 3.8) is 0 Å². The number of nitrogens with two attached hydrogens (primary N) is 2. The average Bonchev–Trinajstić information content (AvgIpc) is 3.22. The first kappa shape index (κ1) is 12.4. The predicted octanol–water partition coefficient (Wildman–Crippen LogP) is 1.40. The minimum Gasteiger partial charge on any atom is -0.368 e. The third-order valence-electron chi connectivity index (χ3n) is 3.14. The number of aromatic nitrogens is 2. The Labute approximate surface area is 116 Å². The Morgan fingerprint density at radius 2 is 1.90 bits per heavy atom. The van der Waals surface area contributed by atoms with Gasteiger partial charge in [-0.3, -0.25) is 4.79 Å². The van der Waals surface area contributed by atoms with E-state index in [-0.39, 0.29) is 5.95 Å². The number of nitrogens with zero attached hydrogens (tertiary/aromatic N) is 2. The van der Waals surface area contributed by atoms with Gasteiger partial charge >= 0.3 is 0 Å². The molecule has 1 aliphatic rings. The Kier molecular flexibility index (Phi) is 2.98. The molecule has 1 aliphatic carbocycles. The third-order valence-corrected chi connectivity index (χ3v) is 3.14. The molecule has 3 rings (SSSR count). The van der Waals surface area contributed by atoms with Gasteiger partial charge in [-0.1, -0.05) is 12.1 Å². The standard InChI is InChI=1S/C14H15N5O/c15-13(20)9-3-1-8(2-4-9)11-7-12(17-10-5-6-10)19-14(16)18-11/h1-4,7,10H,5-6H2,(H2,15,20)(H3,16,17,18,19). The fourth-order valence-corrected chi connectivity index (χ4v) is 1.93. The summed E-state index contributed by atoms with van der Waals surface area (Å²) < 4.78 is 0. The quantitative estimate of drug-likeness (QED) is 0.777. The van der Waals surface area contributed by atoms with Gasteiger partial charge in [-0.05, 0) is 25.0 Å². The first-order chi connectivity index (χ1) is 9.61. The van der Waals surface area contributed by atoms with Crippen LogP contribution >= 0.6 is 0 Å². The predicted molar refractivity (Wildman–Crippen MR) is 77.0 cm³/mol. The van der Waals surface area contributed by atoms with Crippen molar-refractivity contribution in [1.82, 2.24) is 9.97 Å². The smallest absolute Gasteiger partial charge is 0.248 e. The number of hydrogen-bond donors (Lipinski definition) is 3. The molecule has 0 saturated heterocycles. The van der Waals surface area contributed by atoms with Crippen LogP contribution in [0.15, 0.2) is 30.3 Å². The summed E-state index contributed by atoms with van der Waals surface area (Å²) in [7, 11) is 0. The highest BCUT2D eigenvalue weighted by atomic mass is 16.1. The largest absolute Gasteiger partial charge is 0.368 e. The maximum Gasteiger partial charge on any atom is 0.248 e. The van der Waals surface area contributed by atoms with Crippen LogP contribution in [0.5, 0.6) is 0 Å². The average molecular weight is 269 g/mol. The van der Waals surface area contributed by atoms with Crippen molar-refractivity contribution >= 4 is 17.7 Å². The van der Waals surface area contributed by atoms with E-state index in [1.807, 2.05) is 6.07 Å². The van der Waals surface area contributed by atoms with Crippen molar-refractivity contribution in [3.8, 4) is 11.3 Å². The number of rotatable bonds is 4. The van der Waals surface area contributed by atoms with E-state index in [0.29, 0.717) is 11.6 Å². The van der Waals surface area contributed by atoms with Gasteiger partial charge in [0.05, 0.1) is 5.69 Å². The fraction of sp³-hybridized carbons (Fsp3) is 0.214. The number of benzene rings is 1. The summed E-state index contributed by atoms with van der Waals surface area (Å²) in [5.74, 6) is 0.508. The number of anilines is 2. The van der Waals surface area contributed by atoms with E-state index in [4.69, 9.17) is 11.5 Å². The van der Waals surface area contributed by atoms with Crippen LogP contribution in [0.1, 0.15) is 23.2 Å². The number of nitrogen functional groups attached to an aromatic ring is 1. The Bertz CT molecular complexity index is 649. The van der Waals surface area contributed by atoms with E-state index in [0.717, 1.165) is 29.9 Å². The molecular weight excluding hydrogens is 254 g/mol. The summed E-state index contributed by atoms with van der Waals surface area (Å²) in [6, 6.07) is 9.28. The molecule has 1 heterocycles. The Morgan fingerprint density at radius 3 is 2.50 bits per heavy atom. The lowest BCUT2D eigenvalue weighted by molar-refractivity contribution is 0.100. The normalized spacial score (nSPS) is 14.0. The van der Waals surface area contributed by atoms with Crippen LogP contribution in [-0.4, -0.2) is 21.9 Å². The number of primary amides is 1. The van der Waals surface area contributed by atoms with E-state index in [1.54, 1.807) is 24.3 Å². The van der Waals surface area contributed by atoms with Gasteiger partial charge in [0, 0.05) is 23.2 Å². The Hall–Kier alpha value is -2.63. The summed E-state index contributed by atoms with van der Waals surface area (Å²) in [5, 5.41) is 3.29. The molecule has 0 aliphatic heterocycles. The summed E-state index contributed by atoms with van der Waals surface area (Å²) >= 11 is 0. The van der Waals surface area contributed by atoms with Crippen molar-refractivity contribution in [2.24, 2.45) is 5.73 Å². The molecule has 0 atom stereocenters. The zero-order chi connectivity index (χ0) is 14.1. The molecule has 0 spiro atoms. The van der Waals surface area contributed by atoms with Crippen LogP contribution in [-0.2, 0) is 0 Å². The van der Waals surface area contributed by atoms with Gasteiger partial charge in [-0.25, -0.2) is 4.98 Å². The van der Waals surface area contributed by atoms with Crippen molar-refractivity contribution in [3.05, 3.63) is 35.9 Å². The number of carbonyl (C=O) groups is 1.